The average molecular weight is 343 g/mol. The molecule has 1 saturated heterocycles. The predicted molar refractivity (Wildman–Crippen MR) is 98.0 cm³/mol. The van der Waals surface area contributed by atoms with Gasteiger partial charge in [0.1, 0.15) is 0 Å². The number of nitrogens with zero attached hydrogens (tertiary/aromatic N) is 1. The molecule has 1 N–H and O–H groups in total. The Morgan fingerprint density at radius 3 is 2.46 bits per heavy atom. The SMILES string of the molecule is O=C(Cc1ccc(Cl)cc1)NCc1cccc(CN2CCCC2)c1. The Labute approximate surface area is 148 Å². The van der Waals surface area contributed by atoms with Crippen molar-refractivity contribution in [3.8, 4) is 0 Å². The van der Waals surface area contributed by atoms with Crippen LogP contribution in [-0.4, -0.2) is 23.9 Å². The number of benzene rings is 2. The van der Waals surface area contributed by atoms with Gasteiger partial charge in [0.25, 0.3) is 0 Å². The second-order valence-corrected chi connectivity index (χ2v) is 6.82. The summed E-state index contributed by atoms with van der Waals surface area (Å²) in [6, 6.07) is 15.9. The standard InChI is InChI=1S/C20H23ClN2O/c21-19-8-6-16(7-9-19)13-20(24)22-14-17-4-3-5-18(12-17)15-23-10-1-2-11-23/h3-9,12H,1-2,10-11,13-15H2,(H,22,24). The van der Waals surface area contributed by atoms with Crippen LogP contribution in [0.25, 0.3) is 0 Å². The second kappa shape index (κ2) is 8.32. The summed E-state index contributed by atoms with van der Waals surface area (Å²) in [4.78, 5) is 14.6. The van der Waals surface area contributed by atoms with Crippen LogP contribution < -0.4 is 5.32 Å². The van der Waals surface area contributed by atoms with E-state index in [1.165, 1.54) is 31.5 Å². The quantitative estimate of drug-likeness (QED) is 0.866. The zero-order valence-electron chi connectivity index (χ0n) is 13.8. The Hall–Kier alpha value is -1.84. The molecule has 0 radical (unpaired) electrons. The minimum Gasteiger partial charge on any atom is -0.352 e. The zero-order chi connectivity index (χ0) is 16.8. The van der Waals surface area contributed by atoms with Gasteiger partial charge in [-0.3, -0.25) is 9.69 Å². The number of nitrogens with one attached hydrogen (secondary N) is 1. The number of hydrogen-bond donors (Lipinski definition) is 1. The molecule has 3 nitrogen and oxygen atoms in total. The van der Waals surface area contributed by atoms with Gasteiger partial charge in [0.05, 0.1) is 6.42 Å². The summed E-state index contributed by atoms with van der Waals surface area (Å²) in [5, 5.41) is 3.69. The molecule has 1 fully saturated rings. The second-order valence-electron chi connectivity index (χ2n) is 6.38. The fourth-order valence-electron chi connectivity index (χ4n) is 3.09. The molecule has 126 valence electrons. The van der Waals surface area contributed by atoms with Crippen LogP contribution in [0.1, 0.15) is 29.5 Å². The molecule has 0 spiro atoms. The normalized spacial score (nSPS) is 14.7. The van der Waals surface area contributed by atoms with Crippen LogP contribution in [0.4, 0.5) is 0 Å². The fraction of sp³-hybridized carbons (Fsp3) is 0.350. The van der Waals surface area contributed by atoms with Crippen LogP contribution in [0.2, 0.25) is 5.02 Å². The summed E-state index contributed by atoms with van der Waals surface area (Å²) in [5.41, 5.74) is 3.44. The number of carbonyl (C=O) groups is 1. The van der Waals surface area contributed by atoms with Gasteiger partial charge >= 0.3 is 0 Å². The highest BCUT2D eigenvalue weighted by atomic mass is 35.5. The molecular weight excluding hydrogens is 320 g/mol. The van der Waals surface area contributed by atoms with Crippen LogP contribution in [0.15, 0.2) is 48.5 Å². The van der Waals surface area contributed by atoms with Crippen LogP contribution in [0, 0.1) is 0 Å². The maximum absolute atomic E-state index is 12.1. The van der Waals surface area contributed by atoms with Gasteiger partial charge in [-0.15, -0.1) is 0 Å². The van der Waals surface area contributed by atoms with E-state index in [-0.39, 0.29) is 5.91 Å². The Kier molecular flexibility index (Phi) is 5.89. The maximum atomic E-state index is 12.1. The van der Waals surface area contributed by atoms with Gasteiger partial charge in [0.15, 0.2) is 0 Å². The molecule has 1 aliphatic rings. The minimum absolute atomic E-state index is 0.0299. The Bertz CT molecular complexity index is 678. The lowest BCUT2D eigenvalue weighted by Crippen LogP contribution is -2.24. The van der Waals surface area contributed by atoms with E-state index in [0.717, 1.165) is 17.7 Å². The van der Waals surface area contributed by atoms with Crippen LogP contribution in [-0.2, 0) is 24.3 Å². The van der Waals surface area contributed by atoms with Gasteiger partial charge in [0.2, 0.25) is 5.91 Å². The zero-order valence-corrected chi connectivity index (χ0v) is 14.6. The van der Waals surface area contributed by atoms with Gasteiger partial charge in [-0.2, -0.15) is 0 Å². The van der Waals surface area contributed by atoms with Gasteiger partial charge in [-0.25, -0.2) is 0 Å². The summed E-state index contributed by atoms with van der Waals surface area (Å²) in [6.07, 6.45) is 2.99. The molecule has 3 rings (SSSR count). The number of hydrogen-bond acceptors (Lipinski definition) is 2. The molecule has 2 aromatic rings. The molecule has 4 heteroatoms. The molecule has 0 aliphatic carbocycles. The Morgan fingerprint density at radius 1 is 1.00 bits per heavy atom. The van der Waals surface area contributed by atoms with E-state index in [1.54, 1.807) is 0 Å². The molecule has 24 heavy (non-hydrogen) atoms. The highest BCUT2D eigenvalue weighted by molar-refractivity contribution is 6.30. The first-order valence-corrected chi connectivity index (χ1v) is 8.88. The lowest BCUT2D eigenvalue weighted by atomic mass is 10.1. The summed E-state index contributed by atoms with van der Waals surface area (Å²) >= 11 is 5.86. The van der Waals surface area contributed by atoms with Crippen molar-refractivity contribution in [2.24, 2.45) is 0 Å². The van der Waals surface area contributed by atoms with Crippen molar-refractivity contribution >= 4 is 17.5 Å². The molecule has 0 unspecified atom stereocenters. The van der Waals surface area contributed by atoms with Gasteiger partial charge < -0.3 is 5.32 Å². The molecule has 1 aliphatic heterocycles. The first kappa shape index (κ1) is 17.0. The topological polar surface area (TPSA) is 32.3 Å². The molecule has 0 saturated carbocycles. The van der Waals surface area contributed by atoms with E-state index in [2.05, 4.69) is 34.5 Å². The van der Waals surface area contributed by atoms with Crippen LogP contribution in [0.5, 0.6) is 0 Å². The third-order valence-electron chi connectivity index (χ3n) is 4.36. The van der Waals surface area contributed by atoms with Crippen molar-refractivity contribution in [3.05, 3.63) is 70.2 Å². The molecule has 2 aromatic carbocycles. The van der Waals surface area contributed by atoms with Crippen LogP contribution >= 0.6 is 11.6 Å². The highest BCUT2D eigenvalue weighted by Crippen LogP contribution is 2.14. The summed E-state index contributed by atoms with van der Waals surface area (Å²) in [5.74, 6) is 0.0299. The first-order valence-electron chi connectivity index (χ1n) is 8.50. The number of carbonyl (C=O) groups excluding carboxylic acids is 1. The molecule has 0 aromatic heterocycles. The Balaban J connectivity index is 1.50. The van der Waals surface area contributed by atoms with Crippen molar-refractivity contribution in [2.75, 3.05) is 13.1 Å². The average Bonchev–Trinajstić information content (AvgIpc) is 3.08. The lowest BCUT2D eigenvalue weighted by molar-refractivity contribution is -0.120. The summed E-state index contributed by atoms with van der Waals surface area (Å²) < 4.78 is 0. The number of halogens is 1. The number of likely N-dealkylation sites (tertiary alicyclic amines) is 1. The molecule has 1 amide bonds. The van der Waals surface area contributed by atoms with Gasteiger partial charge in [-0.05, 0) is 54.8 Å². The third-order valence-corrected chi connectivity index (χ3v) is 4.62. The van der Waals surface area contributed by atoms with E-state index in [4.69, 9.17) is 11.6 Å². The summed E-state index contributed by atoms with van der Waals surface area (Å²) in [7, 11) is 0. The van der Waals surface area contributed by atoms with E-state index in [1.807, 2.05) is 24.3 Å². The van der Waals surface area contributed by atoms with Crippen molar-refractivity contribution in [1.29, 1.82) is 0 Å². The van der Waals surface area contributed by atoms with Gasteiger partial charge in [0, 0.05) is 18.1 Å². The van der Waals surface area contributed by atoms with Crippen molar-refractivity contribution < 1.29 is 4.79 Å². The monoisotopic (exact) mass is 342 g/mol. The highest BCUT2D eigenvalue weighted by Gasteiger charge is 2.11. The number of amides is 1. The predicted octanol–water partition coefficient (Wildman–Crippen LogP) is 3.79. The molecular formula is C20H23ClN2O. The third kappa shape index (κ3) is 5.08. The van der Waals surface area contributed by atoms with E-state index in [0.29, 0.717) is 18.0 Å². The molecule has 0 bridgehead atoms. The largest absolute Gasteiger partial charge is 0.352 e. The molecule has 0 atom stereocenters. The Morgan fingerprint density at radius 2 is 1.71 bits per heavy atom. The smallest absolute Gasteiger partial charge is 0.224 e. The first-order chi connectivity index (χ1) is 11.7. The number of rotatable bonds is 6. The van der Waals surface area contributed by atoms with Crippen molar-refractivity contribution in [2.45, 2.75) is 32.4 Å². The molecule has 1 heterocycles. The van der Waals surface area contributed by atoms with Crippen molar-refractivity contribution in [1.82, 2.24) is 10.2 Å². The fourth-order valence-corrected chi connectivity index (χ4v) is 3.21. The van der Waals surface area contributed by atoms with Crippen LogP contribution in [0.3, 0.4) is 0 Å². The van der Waals surface area contributed by atoms with Crippen molar-refractivity contribution in [3.63, 3.8) is 0 Å². The maximum Gasteiger partial charge on any atom is 0.224 e. The van der Waals surface area contributed by atoms with E-state index < -0.39 is 0 Å². The van der Waals surface area contributed by atoms with E-state index in [9.17, 15) is 4.79 Å². The van der Waals surface area contributed by atoms with E-state index >= 15 is 0 Å². The minimum atomic E-state index is 0.0299. The van der Waals surface area contributed by atoms with Gasteiger partial charge in [-0.1, -0.05) is 48.0 Å². The summed E-state index contributed by atoms with van der Waals surface area (Å²) in [6.45, 7) is 3.97. The lowest BCUT2D eigenvalue weighted by Gasteiger charge is -2.15.